The summed E-state index contributed by atoms with van der Waals surface area (Å²) in [6.07, 6.45) is -2.17. The van der Waals surface area contributed by atoms with Gasteiger partial charge in [-0.3, -0.25) is 0 Å². The number of halogens is 1. The summed E-state index contributed by atoms with van der Waals surface area (Å²) in [6.45, 7) is 0. The van der Waals surface area contributed by atoms with Crippen LogP contribution >= 0.6 is 0 Å². The molecule has 8 heavy (non-hydrogen) atoms. The maximum absolute atomic E-state index is 11.7. The fourth-order valence-electron chi connectivity index (χ4n) is 0.233. The van der Waals surface area contributed by atoms with Gasteiger partial charge in [-0.25, -0.2) is 13.4 Å². The standard InChI is InChI=1S/C2HFO4S/c3-1-2(4)7-8(5)6-1/h1H. The summed E-state index contributed by atoms with van der Waals surface area (Å²) in [5, 5.41) is 0. The number of hydrogen-bond donors (Lipinski definition) is 0. The lowest BCUT2D eigenvalue weighted by Gasteiger charge is -1.80. The van der Waals surface area contributed by atoms with E-state index in [2.05, 4.69) is 8.37 Å². The first-order chi connectivity index (χ1) is 3.70. The summed E-state index contributed by atoms with van der Waals surface area (Å²) >= 11 is -2.21. The molecule has 0 saturated carbocycles. The van der Waals surface area contributed by atoms with Gasteiger partial charge >= 0.3 is 23.7 Å². The number of carbonyl (C=O) groups excluding carboxylic acids is 1. The molecule has 4 nitrogen and oxygen atoms in total. The second kappa shape index (κ2) is 1.79. The van der Waals surface area contributed by atoms with Gasteiger partial charge in [0.05, 0.1) is 0 Å². The van der Waals surface area contributed by atoms with Crippen LogP contribution in [-0.2, 0) is 24.5 Å². The van der Waals surface area contributed by atoms with Crippen LogP contribution in [-0.4, -0.2) is 16.5 Å². The molecule has 1 rings (SSSR count). The lowest BCUT2D eigenvalue weighted by Crippen LogP contribution is -2.07. The highest BCUT2D eigenvalue weighted by atomic mass is 32.2. The zero-order chi connectivity index (χ0) is 6.15. The molecule has 1 aliphatic heterocycles. The fraction of sp³-hybridized carbons (Fsp3) is 0.500. The van der Waals surface area contributed by atoms with Crippen molar-refractivity contribution in [2.45, 2.75) is 6.36 Å². The number of rotatable bonds is 0. The van der Waals surface area contributed by atoms with Crippen molar-refractivity contribution in [2.24, 2.45) is 0 Å². The Morgan fingerprint density at radius 3 is 2.50 bits per heavy atom. The molecule has 1 aliphatic rings. The Kier molecular flexibility index (Phi) is 1.26. The van der Waals surface area contributed by atoms with E-state index in [9.17, 15) is 13.4 Å². The molecule has 0 aromatic rings. The maximum atomic E-state index is 11.7. The first kappa shape index (κ1) is 5.64. The van der Waals surface area contributed by atoms with E-state index in [-0.39, 0.29) is 0 Å². The lowest BCUT2D eigenvalue weighted by atomic mass is 10.7. The van der Waals surface area contributed by atoms with Gasteiger partial charge in [-0.2, -0.15) is 4.21 Å². The summed E-state index contributed by atoms with van der Waals surface area (Å²) in [6, 6.07) is 0. The summed E-state index contributed by atoms with van der Waals surface area (Å²) < 4.78 is 29.0. The summed E-state index contributed by atoms with van der Waals surface area (Å²) in [5.74, 6) is -1.23. The van der Waals surface area contributed by atoms with Gasteiger partial charge in [0, 0.05) is 0 Å². The van der Waals surface area contributed by atoms with E-state index in [1.165, 1.54) is 0 Å². The minimum Gasteiger partial charge on any atom is -0.338 e. The molecule has 1 saturated heterocycles. The predicted molar refractivity (Wildman–Crippen MR) is 20.2 cm³/mol. The van der Waals surface area contributed by atoms with Gasteiger partial charge < -0.3 is 4.18 Å². The molecule has 1 heterocycles. The van der Waals surface area contributed by atoms with Crippen molar-refractivity contribution in [3.05, 3.63) is 0 Å². The molecule has 0 aliphatic carbocycles. The van der Waals surface area contributed by atoms with Gasteiger partial charge in [-0.05, 0) is 0 Å². The molecule has 0 aromatic carbocycles. The Labute approximate surface area is 46.4 Å². The zero-order valence-corrected chi connectivity index (χ0v) is 4.31. The van der Waals surface area contributed by atoms with Crippen molar-refractivity contribution in [3.8, 4) is 0 Å². The molecular formula is C2HFO4S. The third-order valence-electron chi connectivity index (χ3n) is 0.499. The van der Waals surface area contributed by atoms with Crippen LogP contribution in [0.4, 0.5) is 4.39 Å². The molecule has 0 aromatic heterocycles. The van der Waals surface area contributed by atoms with E-state index in [4.69, 9.17) is 0 Å². The van der Waals surface area contributed by atoms with Gasteiger partial charge in [-0.15, -0.1) is 0 Å². The quantitative estimate of drug-likeness (QED) is 0.452. The molecule has 0 amide bonds. The van der Waals surface area contributed by atoms with Gasteiger partial charge in [0.1, 0.15) is 0 Å². The van der Waals surface area contributed by atoms with Crippen LogP contribution < -0.4 is 0 Å². The SMILES string of the molecule is O=C1OS(=O)OC1F. The Morgan fingerprint density at radius 2 is 2.38 bits per heavy atom. The Balaban J connectivity index is 2.64. The van der Waals surface area contributed by atoms with Crippen molar-refractivity contribution >= 4 is 17.3 Å². The van der Waals surface area contributed by atoms with Gasteiger partial charge in [-0.1, -0.05) is 0 Å². The maximum Gasteiger partial charge on any atom is 0.385 e. The second-order valence-corrected chi connectivity index (χ2v) is 1.79. The van der Waals surface area contributed by atoms with Crippen molar-refractivity contribution in [3.63, 3.8) is 0 Å². The van der Waals surface area contributed by atoms with Crippen LogP contribution in [0.25, 0.3) is 0 Å². The molecule has 2 atom stereocenters. The largest absolute Gasteiger partial charge is 0.385 e. The number of alkyl halides is 1. The summed E-state index contributed by atoms with van der Waals surface area (Å²) in [5.41, 5.74) is 0. The van der Waals surface area contributed by atoms with E-state index in [0.717, 1.165) is 0 Å². The highest BCUT2D eigenvalue weighted by Gasteiger charge is 2.33. The average molecular weight is 140 g/mol. The van der Waals surface area contributed by atoms with Crippen LogP contribution in [0.1, 0.15) is 0 Å². The molecule has 6 heteroatoms. The third kappa shape index (κ3) is 0.846. The monoisotopic (exact) mass is 140 g/mol. The Hall–Kier alpha value is -0.490. The van der Waals surface area contributed by atoms with Crippen LogP contribution in [0, 0.1) is 0 Å². The molecule has 0 spiro atoms. The van der Waals surface area contributed by atoms with E-state index in [0.29, 0.717) is 0 Å². The first-order valence-electron chi connectivity index (χ1n) is 1.65. The summed E-state index contributed by atoms with van der Waals surface area (Å²) in [4.78, 5) is 9.87. The van der Waals surface area contributed by atoms with Gasteiger partial charge in [0.2, 0.25) is 0 Å². The van der Waals surface area contributed by atoms with Crippen molar-refractivity contribution in [2.75, 3.05) is 0 Å². The van der Waals surface area contributed by atoms with Crippen molar-refractivity contribution in [1.29, 1.82) is 0 Å². The minimum atomic E-state index is -2.21. The van der Waals surface area contributed by atoms with E-state index < -0.39 is 23.7 Å². The normalized spacial score (nSPS) is 37.4. The number of hydrogen-bond acceptors (Lipinski definition) is 4. The van der Waals surface area contributed by atoms with E-state index >= 15 is 0 Å². The minimum absolute atomic E-state index is 1.23. The molecule has 2 unspecified atom stereocenters. The highest BCUT2D eigenvalue weighted by Crippen LogP contribution is 2.10. The fourth-order valence-corrected chi connectivity index (χ4v) is 0.698. The van der Waals surface area contributed by atoms with E-state index in [1.54, 1.807) is 0 Å². The van der Waals surface area contributed by atoms with Gasteiger partial charge in [0.15, 0.2) is 0 Å². The van der Waals surface area contributed by atoms with Crippen LogP contribution in [0.3, 0.4) is 0 Å². The van der Waals surface area contributed by atoms with Crippen LogP contribution in [0.2, 0.25) is 0 Å². The molecule has 46 valence electrons. The van der Waals surface area contributed by atoms with Crippen molar-refractivity contribution in [1.82, 2.24) is 0 Å². The molecule has 0 N–H and O–H groups in total. The Morgan fingerprint density at radius 1 is 1.75 bits per heavy atom. The first-order valence-corrected chi connectivity index (χ1v) is 2.65. The van der Waals surface area contributed by atoms with E-state index in [1.807, 2.05) is 0 Å². The third-order valence-corrected chi connectivity index (χ3v) is 1.12. The number of carbonyl (C=O) groups is 1. The summed E-state index contributed by atoms with van der Waals surface area (Å²) in [7, 11) is 0. The predicted octanol–water partition coefficient (Wildman–Crippen LogP) is -0.566. The van der Waals surface area contributed by atoms with Gasteiger partial charge in [0.25, 0.3) is 0 Å². The molecule has 0 radical (unpaired) electrons. The Bertz CT molecular complexity index is 145. The van der Waals surface area contributed by atoms with Crippen LogP contribution in [0.15, 0.2) is 0 Å². The van der Waals surface area contributed by atoms with Crippen LogP contribution in [0.5, 0.6) is 0 Å². The molecular weight excluding hydrogens is 139 g/mol. The molecule has 1 fully saturated rings. The van der Waals surface area contributed by atoms with Crippen molar-refractivity contribution < 1.29 is 21.8 Å². The average Bonchev–Trinajstić information content (AvgIpc) is 1.85. The topological polar surface area (TPSA) is 52.6 Å². The molecule has 0 bridgehead atoms. The zero-order valence-electron chi connectivity index (χ0n) is 3.50. The lowest BCUT2D eigenvalue weighted by molar-refractivity contribution is -0.141. The smallest absolute Gasteiger partial charge is 0.338 e. The highest BCUT2D eigenvalue weighted by molar-refractivity contribution is 7.76. The second-order valence-electron chi connectivity index (χ2n) is 1.02.